The van der Waals surface area contributed by atoms with Crippen LogP contribution in [0.1, 0.15) is 31.5 Å². The van der Waals surface area contributed by atoms with E-state index in [9.17, 15) is 22.7 Å². The van der Waals surface area contributed by atoms with Gasteiger partial charge in [-0.25, -0.2) is 13.9 Å². The number of ether oxygens (including phenoxy) is 1. The number of nitrogens with zero attached hydrogens (tertiary/aromatic N) is 1. The van der Waals surface area contributed by atoms with E-state index in [1.54, 1.807) is 19.1 Å². The van der Waals surface area contributed by atoms with Crippen molar-refractivity contribution in [1.29, 1.82) is 0 Å². The molecule has 4 nitrogen and oxygen atoms in total. The Balaban J connectivity index is 2.03. The first kappa shape index (κ1) is 22.1. The van der Waals surface area contributed by atoms with Gasteiger partial charge < -0.3 is 9.84 Å². The van der Waals surface area contributed by atoms with Crippen LogP contribution in [0.25, 0.3) is 11.0 Å². The number of methoxy groups -OCH3 is 1. The van der Waals surface area contributed by atoms with Crippen molar-refractivity contribution in [3.8, 4) is 5.75 Å². The Morgan fingerprint density at radius 2 is 1.83 bits per heavy atom. The number of alkyl halides is 3. The fourth-order valence-electron chi connectivity index (χ4n) is 3.92. The van der Waals surface area contributed by atoms with Crippen LogP contribution in [0.4, 0.5) is 17.6 Å². The van der Waals surface area contributed by atoms with Crippen LogP contribution < -0.4 is 9.30 Å². The summed E-state index contributed by atoms with van der Waals surface area (Å²) in [6, 6.07) is 9.13. The average molecular weight is 425 g/mol. The number of H-pyrrole nitrogens is 1. The molecule has 8 heteroatoms. The summed E-state index contributed by atoms with van der Waals surface area (Å²) in [6.45, 7) is 4.02. The lowest BCUT2D eigenvalue weighted by molar-refractivity contribution is -0.694. The maximum absolute atomic E-state index is 14.5. The number of nitrogens with one attached hydrogen (secondary N) is 1. The minimum Gasteiger partial charge on any atom is -0.497 e. The first-order valence-electron chi connectivity index (χ1n) is 9.47. The summed E-state index contributed by atoms with van der Waals surface area (Å²) in [7, 11) is 1.39. The van der Waals surface area contributed by atoms with Crippen LogP contribution in [0.3, 0.4) is 0 Å². The van der Waals surface area contributed by atoms with Gasteiger partial charge in [0.05, 0.1) is 24.4 Å². The zero-order valence-electron chi connectivity index (χ0n) is 17.3. The zero-order chi connectivity index (χ0) is 22.3. The van der Waals surface area contributed by atoms with Gasteiger partial charge in [-0.15, -0.1) is 0 Å². The molecule has 3 aromatic rings. The number of aromatic amines is 1. The number of aryl methyl sites for hydroxylation is 1. The van der Waals surface area contributed by atoms with Crippen molar-refractivity contribution in [2.45, 2.75) is 50.9 Å². The van der Waals surface area contributed by atoms with Gasteiger partial charge in [-0.2, -0.15) is 13.2 Å². The molecule has 0 fully saturated rings. The van der Waals surface area contributed by atoms with E-state index < -0.39 is 36.0 Å². The Morgan fingerprint density at radius 1 is 1.13 bits per heavy atom. The second-order valence-corrected chi connectivity index (χ2v) is 8.33. The molecule has 2 aromatic heterocycles. The minimum atomic E-state index is -4.93. The van der Waals surface area contributed by atoms with Crippen LogP contribution in [0, 0.1) is 12.7 Å². The molecule has 1 atom stereocenters. The van der Waals surface area contributed by atoms with Crippen LogP contribution in [0.15, 0.2) is 42.6 Å². The van der Waals surface area contributed by atoms with Crippen molar-refractivity contribution in [2.75, 3.05) is 7.11 Å². The molecule has 2 heterocycles. The molecule has 0 amide bonds. The third-order valence-electron chi connectivity index (χ3n) is 5.39. The van der Waals surface area contributed by atoms with Crippen molar-refractivity contribution >= 4 is 11.0 Å². The average Bonchev–Trinajstić information content (AvgIpc) is 3.02. The van der Waals surface area contributed by atoms with Crippen molar-refractivity contribution in [3.63, 3.8) is 0 Å². The number of aromatic nitrogens is 2. The highest BCUT2D eigenvalue weighted by Crippen LogP contribution is 2.42. The summed E-state index contributed by atoms with van der Waals surface area (Å²) in [4.78, 5) is 3.03. The summed E-state index contributed by atoms with van der Waals surface area (Å²) in [5.74, 6) is -0.323. The molecule has 1 unspecified atom stereocenters. The minimum absolute atomic E-state index is 0.0449. The Kier molecular flexibility index (Phi) is 5.58. The lowest BCUT2D eigenvalue weighted by Crippen LogP contribution is -2.58. The number of benzene rings is 1. The Morgan fingerprint density at radius 3 is 2.47 bits per heavy atom. The molecule has 2 N–H and O–H groups in total. The molecule has 0 aliphatic rings. The highest BCUT2D eigenvalue weighted by Gasteiger charge is 2.58. The summed E-state index contributed by atoms with van der Waals surface area (Å²) in [5.41, 5.74) is -3.11. The molecule has 0 radical (unpaired) electrons. The van der Waals surface area contributed by atoms with Crippen LogP contribution in [0.5, 0.6) is 5.75 Å². The van der Waals surface area contributed by atoms with E-state index >= 15 is 0 Å². The topological polar surface area (TPSA) is 49.1 Å². The molecule has 3 rings (SSSR count). The Labute approximate surface area is 172 Å². The highest BCUT2D eigenvalue weighted by atomic mass is 19.4. The van der Waals surface area contributed by atoms with Crippen molar-refractivity contribution in [2.24, 2.45) is 0 Å². The van der Waals surface area contributed by atoms with E-state index in [0.717, 1.165) is 17.1 Å². The number of aliphatic hydroxyl groups is 1. The SMILES string of the molecule is COc1ccc(F)c(C(C)(C)CC(O)(C[n+]2cccc3cc(C)[nH]c32)C(F)(F)F)c1. The maximum Gasteiger partial charge on any atom is 0.421 e. The van der Waals surface area contributed by atoms with Gasteiger partial charge in [0, 0.05) is 0 Å². The van der Waals surface area contributed by atoms with E-state index in [0.29, 0.717) is 11.4 Å². The largest absolute Gasteiger partial charge is 0.497 e. The lowest BCUT2D eigenvalue weighted by Gasteiger charge is -2.37. The monoisotopic (exact) mass is 425 g/mol. The highest BCUT2D eigenvalue weighted by molar-refractivity contribution is 5.73. The quantitative estimate of drug-likeness (QED) is 0.449. The van der Waals surface area contributed by atoms with Gasteiger partial charge in [0.15, 0.2) is 5.60 Å². The number of fused-ring (bicyclic) bond motifs is 1. The van der Waals surface area contributed by atoms with Crippen molar-refractivity contribution in [1.82, 2.24) is 4.98 Å². The number of rotatable bonds is 6. The van der Waals surface area contributed by atoms with Crippen molar-refractivity contribution in [3.05, 3.63) is 59.7 Å². The van der Waals surface area contributed by atoms with E-state index in [1.807, 2.05) is 6.07 Å². The molecule has 0 aliphatic carbocycles. The van der Waals surface area contributed by atoms with Crippen molar-refractivity contribution < 1.29 is 32.0 Å². The summed E-state index contributed by atoms with van der Waals surface area (Å²) >= 11 is 0. The maximum atomic E-state index is 14.5. The molecule has 0 saturated heterocycles. The van der Waals surface area contributed by atoms with E-state index in [-0.39, 0.29) is 5.56 Å². The molecule has 0 aliphatic heterocycles. The number of halogens is 4. The Hall–Kier alpha value is -2.61. The summed E-state index contributed by atoms with van der Waals surface area (Å²) in [5, 5.41) is 11.6. The molecule has 0 bridgehead atoms. The van der Waals surface area contributed by atoms with E-state index in [1.165, 1.54) is 43.9 Å². The predicted molar refractivity (Wildman–Crippen MR) is 105 cm³/mol. The zero-order valence-corrected chi connectivity index (χ0v) is 17.3. The number of hydrogen-bond donors (Lipinski definition) is 2. The van der Waals surface area contributed by atoms with Gasteiger partial charge >= 0.3 is 6.18 Å². The lowest BCUT2D eigenvalue weighted by atomic mass is 9.74. The summed E-state index contributed by atoms with van der Waals surface area (Å²) in [6.07, 6.45) is -4.19. The fraction of sp³-hybridized carbons (Fsp3) is 0.409. The smallest absolute Gasteiger partial charge is 0.421 e. The van der Waals surface area contributed by atoms with Crippen LogP contribution in [0.2, 0.25) is 0 Å². The molecular formula is C22H25F4N2O2+. The van der Waals surface area contributed by atoms with Gasteiger partial charge in [-0.1, -0.05) is 13.8 Å². The van der Waals surface area contributed by atoms with Gasteiger partial charge in [-0.3, -0.25) is 0 Å². The third-order valence-corrected chi connectivity index (χ3v) is 5.39. The van der Waals surface area contributed by atoms with Gasteiger partial charge in [0.2, 0.25) is 0 Å². The molecule has 162 valence electrons. The fourth-order valence-corrected chi connectivity index (χ4v) is 3.92. The first-order chi connectivity index (χ1) is 13.9. The first-order valence-corrected chi connectivity index (χ1v) is 9.47. The van der Waals surface area contributed by atoms with E-state index in [4.69, 9.17) is 4.74 Å². The Bertz CT molecular complexity index is 1060. The van der Waals surface area contributed by atoms with Crippen LogP contribution in [-0.2, 0) is 12.0 Å². The number of hydrogen-bond acceptors (Lipinski definition) is 2. The second-order valence-electron chi connectivity index (χ2n) is 8.33. The second kappa shape index (κ2) is 7.58. The molecule has 0 spiro atoms. The van der Waals surface area contributed by atoms with Gasteiger partial charge in [0.25, 0.3) is 5.65 Å². The summed E-state index contributed by atoms with van der Waals surface area (Å²) < 4.78 is 63.2. The van der Waals surface area contributed by atoms with Crippen LogP contribution >= 0.6 is 0 Å². The van der Waals surface area contributed by atoms with E-state index in [2.05, 4.69) is 4.98 Å². The van der Waals surface area contributed by atoms with Crippen LogP contribution in [-0.4, -0.2) is 29.0 Å². The molecule has 1 aromatic carbocycles. The predicted octanol–water partition coefficient (Wildman–Crippen LogP) is 4.57. The number of pyridine rings is 1. The molecule has 30 heavy (non-hydrogen) atoms. The standard InChI is InChI=1S/C22H24F4N2O2/c1-14-10-15-6-5-9-28(19(15)27-14)13-21(29,22(24,25)26)12-20(2,3)17-11-16(30-4)7-8-18(17)23/h5-11,29H,12-13H2,1-4H3/p+1. The molecule has 0 saturated carbocycles. The normalized spacial score (nSPS) is 14.7. The third kappa shape index (κ3) is 4.14. The van der Waals surface area contributed by atoms with Gasteiger partial charge in [0.1, 0.15) is 18.1 Å². The molecular weight excluding hydrogens is 400 g/mol. The van der Waals surface area contributed by atoms with Gasteiger partial charge in [-0.05, 0) is 60.7 Å².